The van der Waals surface area contributed by atoms with Crippen LogP contribution in [0.5, 0.6) is 0 Å². The summed E-state index contributed by atoms with van der Waals surface area (Å²) in [5.41, 5.74) is 5.62. The number of nitrogens with zero attached hydrogens (tertiary/aromatic N) is 2. The van der Waals surface area contributed by atoms with E-state index in [1.54, 1.807) is 6.07 Å². The summed E-state index contributed by atoms with van der Waals surface area (Å²) in [6.45, 7) is 1.59. The van der Waals surface area contributed by atoms with E-state index in [1.165, 1.54) is 6.42 Å². The molecule has 1 aromatic heterocycles. The van der Waals surface area contributed by atoms with Gasteiger partial charge >= 0.3 is 0 Å². The summed E-state index contributed by atoms with van der Waals surface area (Å²) in [5.74, 6) is 0.995. The summed E-state index contributed by atoms with van der Waals surface area (Å²) in [4.78, 5) is 8.27. The monoisotopic (exact) mass is 286 g/mol. The zero-order valence-electron chi connectivity index (χ0n) is 8.95. The lowest BCUT2D eigenvalue weighted by Gasteiger charge is -2.22. The van der Waals surface area contributed by atoms with Crippen molar-refractivity contribution in [2.45, 2.75) is 25.4 Å². The van der Waals surface area contributed by atoms with Gasteiger partial charge in [-0.25, -0.2) is 4.98 Å². The first kappa shape index (κ1) is 11.6. The summed E-state index contributed by atoms with van der Waals surface area (Å²) in [6.07, 6.45) is 3.75. The first-order valence-electron chi connectivity index (χ1n) is 5.39. The molecule has 1 atom stereocenters. The van der Waals surface area contributed by atoms with E-state index >= 15 is 0 Å². The molecule has 2 heterocycles. The van der Waals surface area contributed by atoms with Gasteiger partial charge in [-0.3, -0.25) is 0 Å². The maximum Gasteiger partial charge on any atom is 0.225 e. The van der Waals surface area contributed by atoms with Gasteiger partial charge in [-0.15, -0.1) is 0 Å². The van der Waals surface area contributed by atoms with Crippen molar-refractivity contribution >= 4 is 27.7 Å². The number of halogens is 1. The SMILES string of the molecule is Nc1cc(Br)nc(NCC2CCCCO2)n1. The van der Waals surface area contributed by atoms with Crippen LogP contribution in [-0.2, 0) is 4.74 Å². The number of ether oxygens (including phenoxy) is 1. The molecule has 1 aromatic rings. The molecule has 6 heteroatoms. The van der Waals surface area contributed by atoms with Crippen LogP contribution in [0.15, 0.2) is 10.7 Å². The van der Waals surface area contributed by atoms with Crippen molar-refractivity contribution in [2.75, 3.05) is 24.2 Å². The van der Waals surface area contributed by atoms with Crippen LogP contribution in [0.25, 0.3) is 0 Å². The third kappa shape index (κ3) is 3.31. The molecule has 5 nitrogen and oxygen atoms in total. The highest BCUT2D eigenvalue weighted by atomic mass is 79.9. The van der Waals surface area contributed by atoms with Crippen molar-refractivity contribution in [3.05, 3.63) is 10.7 Å². The van der Waals surface area contributed by atoms with Gasteiger partial charge in [0.2, 0.25) is 5.95 Å². The molecule has 0 aliphatic carbocycles. The fraction of sp³-hybridized carbons (Fsp3) is 0.600. The van der Waals surface area contributed by atoms with Crippen molar-refractivity contribution < 1.29 is 4.74 Å². The van der Waals surface area contributed by atoms with Crippen LogP contribution in [0.4, 0.5) is 11.8 Å². The quantitative estimate of drug-likeness (QED) is 0.829. The summed E-state index contributed by atoms with van der Waals surface area (Å²) >= 11 is 3.28. The summed E-state index contributed by atoms with van der Waals surface area (Å²) in [6, 6.07) is 1.67. The molecule has 1 aliphatic rings. The topological polar surface area (TPSA) is 73.1 Å². The molecular formula is C10H15BrN4O. The van der Waals surface area contributed by atoms with Gasteiger partial charge in [0, 0.05) is 19.2 Å². The van der Waals surface area contributed by atoms with Crippen LogP contribution >= 0.6 is 15.9 Å². The minimum atomic E-state index is 0.262. The van der Waals surface area contributed by atoms with Crippen LogP contribution in [0, 0.1) is 0 Å². The molecule has 1 unspecified atom stereocenters. The van der Waals surface area contributed by atoms with Crippen molar-refractivity contribution in [3.63, 3.8) is 0 Å². The molecule has 3 N–H and O–H groups in total. The smallest absolute Gasteiger partial charge is 0.225 e. The van der Waals surface area contributed by atoms with E-state index in [9.17, 15) is 0 Å². The third-order valence-corrected chi connectivity index (χ3v) is 2.88. The highest BCUT2D eigenvalue weighted by molar-refractivity contribution is 9.10. The maximum absolute atomic E-state index is 5.62. The molecule has 0 bridgehead atoms. The number of nitrogens with two attached hydrogens (primary N) is 1. The number of rotatable bonds is 3. The maximum atomic E-state index is 5.62. The number of hydrogen-bond acceptors (Lipinski definition) is 5. The molecular weight excluding hydrogens is 272 g/mol. The second-order valence-electron chi connectivity index (χ2n) is 3.81. The molecule has 0 radical (unpaired) electrons. The average molecular weight is 287 g/mol. The fourth-order valence-corrected chi connectivity index (χ4v) is 2.09. The Morgan fingerprint density at radius 3 is 3.06 bits per heavy atom. The van der Waals surface area contributed by atoms with Gasteiger partial charge in [-0.2, -0.15) is 4.98 Å². The number of nitrogen functional groups attached to an aromatic ring is 1. The Morgan fingerprint density at radius 1 is 1.50 bits per heavy atom. The Kier molecular flexibility index (Phi) is 3.95. The molecule has 1 saturated heterocycles. The van der Waals surface area contributed by atoms with Gasteiger partial charge in [0.05, 0.1) is 6.10 Å². The van der Waals surface area contributed by atoms with Crippen LogP contribution < -0.4 is 11.1 Å². The normalized spacial score (nSPS) is 20.7. The number of nitrogens with one attached hydrogen (secondary N) is 1. The second-order valence-corrected chi connectivity index (χ2v) is 4.62. The molecule has 0 amide bonds. The molecule has 2 rings (SSSR count). The third-order valence-electron chi connectivity index (χ3n) is 2.48. The minimum Gasteiger partial charge on any atom is -0.383 e. The minimum absolute atomic E-state index is 0.262. The number of aromatic nitrogens is 2. The zero-order chi connectivity index (χ0) is 11.4. The summed E-state index contributed by atoms with van der Waals surface area (Å²) in [5, 5.41) is 3.14. The van der Waals surface area contributed by atoms with Crippen molar-refractivity contribution in [1.29, 1.82) is 0 Å². The van der Waals surface area contributed by atoms with E-state index in [2.05, 4.69) is 31.2 Å². The molecule has 0 saturated carbocycles. The van der Waals surface area contributed by atoms with E-state index < -0.39 is 0 Å². The number of anilines is 2. The van der Waals surface area contributed by atoms with Gasteiger partial charge in [-0.1, -0.05) is 0 Å². The van der Waals surface area contributed by atoms with Crippen molar-refractivity contribution in [1.82, 2.24) is 9.97 Å². The van der Waals surface area contributed by atoms with Crippen LogP contribution in [-0.4, -0.2) is 29.2 Å². The average Bonchev–Trinajstić information content (AvgIpc) is 2.27. The highest BCUT2D eigenvalue weighted by Gasteiger charge is 2.13. The lowest BCUT2D eigenvalue weighted by atomic mass is 10.1. The molecule has 0 aromatic carbocycles. The highest BCUT2D eigenvalue weighted by Crippen LogP contribution is 2.15. The first-order chi connectivity index (χ1) is 7.74. The van der Waals surface area contributed by atoms with Gasteiger partial charge in [-0.05, 0) is 35.2 Å². The van der Waals surface area contributed by atoms with E-state index in [0.717, 1.165) is 26.0 Å². The van der Waals surface area contributed by atoms with E-state index in [0.29, 0.717) is 16.4 Å². The van der Waals surface area contributed by atoms with E-state index in [-0.39, 0.29) is 6.10 Å². The molecule has 1 aliphatic heterocycles. The van der Waals surface area contributed by atoms with E-state index in [4.69, 9.17) is 10.5 Å². The lowest BCUT2D eigenvalue weighted by molar-refractivity contribution is 0.0246. The molecule has 1 fully saturated rings. The van der Waals surface area contributed by atoms with Crippen molar-refractivity contribution in [3.8, 4) is 0 Å². The predicted octanol–water partition coefficient (Wildman–Crippen LogP) is 1.80. The van der Waals surface area contributed by atoms with Crippen LogP contribution in [0.2, 0.25) is 0 Å². The standard InChI is InChI=1S/C10H15BrN4O/c11-8-5-9(12)15-10(14-8)13-6-7-3-1-2-4-16-7/h5,7H,1-4,6H2,(H3,12,13,14,15). The van der Waals surface area contributed by atoms with E-state index in [1.807, 2.05) is 0 Å². The van der Waals surface area contributed by atoms with Crippen LogP contribution in [0.1, 0.15) is 19.3 Å². The van der Waals surface area contributed by atoms with Crippen LogP contribution in [0.3, 0.4) is 0 Å². The summed E-state index contributed by atoms with van der Waals surface area (Å²) in [7, 11) is 0. The second kappa shape index (κ2) is 5.45. The molecule has 88 valence electrons. The summed E-state index contributed by atoms with van der Waals surface area (Å²) < 4.78 is 6.29. The predicted molar refractivity (Wildman–Crippen MR) is 66.2 cm³/mol. The largest absolute Gasteiger partial charge is 0.383 e. The Balaban J connectivity index is 1.88. The fourth-order valence-electron chi connectivity index (χ4n) is 1.69. The lowest BCUT2D eigenvalue weighted by Crippen LogP contribution is -2.27. The Labute approximate surface area is 103 Å². The Bertz CT molecular complexity index is 334. The van der Waals surface area contributed by atoms with Gasteiger partial charge in [0.1, 0.15) is 10.4 Å². The number of hydrogen-bond donors (Lipinski definition) is 2. The Hall–Kier alpha value is -0.880. The van der Waals surface area contributed by atoms with Gasteiger partial charge in [0.15, 0.2) is 0 Å². The van der Waals surface area contributed by atoms with Crippen molar-refractivity contribution in [2.24, 2.45) is 0 Å². The Morgan fingerprint density at radius 2 is 2.38 bits per heavy atom. The molecule has 16 heavy (non-hydrogen) atoms. The first-order valence-corrected chi connectivity index (χ1v) is 6.19. The zero-order valence-corrected chi connectivity index (χ0v) is 10.5. The molecule has 0 spiro atoms. The van der Waals surface area contributed by atoms with Gasteiger partial charge < -0.3 is 15.8 Å². The van der Waals surface area contributed by atoms with Gasteiger partial charge in [0.25, 0.3) is 0 Å².